The number of piperazine rings is 1. The van der Waals surface area contributed by atoms with E-state index >= 15 is 0 Å². The van der Waals surface area contributed by atoms with Crippen molar-refractivity contribution in [2.24, 2.45) is 0 Å². The number of hydrogen-bond acceptors (Lipinski definition) is 11. The van der Waals surface area contributed by atoms with E-state index in [-0.39, 0.29) is 49.5 Å². The minimum atomic E-state index is -1.03. The highest BCUT2D eigenvalue weighted by Gasteiger charge is 2.45. The van der Waals surface area contributed by atoms with Gasteiger partial charge in [0.25, 0.3) is 11.8 Å². The lowest BCUT2D eigenvalue weighted by Crippen LogP contribution is -2.54. The molecule has 5 amide bonds. The van der Waals surface area contributed by atoms with Crippen molar-refractivity contribution in [3.63, 3.8) is 0 Å². The average Bonchev–Trinajstić information content (AvgIpc) is 3.79. The van der Waals surface area contributed by atoms with E-state index in [1.165, 1.54) is 0 Å². The van der Waals surface area contributed by atoms with Crippen LogP contribution < -0.4 is 25.0 Å². The summed E-state index contributed by atoms with van der Waals surface area (Å²) in [6.45, 7) is 3.49. The van der Waals surface area contributed by atoms with Gasteiger partial charge in [0.15, 0.2) is 11.5 Å². The first-order valence-electron chi connectivity index (χ1n) is 19.2. The highest BCUT2D eigenvalue weighted by Crippen LogP contribution is 2.37. The molecule has 0 bridgehead atoms. The zero-order valence-corrected chi connectivity index (χ0v) is 32.2. The van der Waals surface area contributed by atoms with Gasteiger partial charge in [-0.2, -0.15) is 0 Å². The first-order chi connectivity index (χ1) is 28.2. The van der Waals surface area contributed by atoms with Crippen molar-refractivity contribution in [1.29, 1.82) is 0 Å². The zero-order chi connectivity index (χ0) is 40.3. The number of pyridine rings is 1. The van der Waals surface area contributed by atoms with Crippen molar-refractivity contribution in [3.8, 4) is 33.8 Å². The standard InChI is InChI=1S/C43H43N7O8/c1-56-35-12-8-27(23-36(35)57-2)32-25-46-40-31(32)22-28(24-45-40)26-6-9-29(10-7-26)48-16-18-49(19-17-48)38(52)14-20-58-21-15-44-33-5-3-4-30-39(33)43(55)50(42(30)54)34-11-13-37(51)47-41(34)53/h3-10,12,22-25,34,44H,11,13-21H2,1-2H3,(H,45,46)(H,47,51,53). The summed E-state index contributed by atoms with van der Waals surface area (Å²) in [5.41, 5.74) is 6.80. The van der Waals surface area contributed by atoms with Crippen LogP contribution in [0.1, 0.15) is 40.0 Å². The van der Waals surface area contributed by atoms with E-state index in [1.54, 1.807) is 32.4 Å². The van der Waals surface area contributed by atoms with E-state index < -0.39 is 29.7 Å². The Morgan fingerprint density at radius 3 is 2.38 bits per heavy atom. The molecule has 1 atom stereocenters. The Morgan fingerprint density at radius 2 is 1.62 bits per heavy atom. The Bertz CT molecular complexity index is 2400. The molecule has 0 radical (unpaired) electrons. The molecule has 15 heteroatoms. The second kappa shape index (κ2) is 16.4. The summed E-state index contributed by atoms with van der Waals surface area (Å²) in [5, 5.41) is 6.36. The monoisotopic (exact) mass is 785 g/mol. The fourth-order valence-corrected chi connectivity index (χ4v) is 7.82. The topological polar surface area (TPSA) is 175 Å². The molecule has 2 fully saturated rings. The number of imide groups is 2. The molecule has 298 valence electrons. The number of fused-ring (bicyclic) bond motifs is 2. The van der Waals surface area contributed by atoms with Gasteiger partial charge in [0.2, 0.25) is 17.7 Å². The number of H-pyrrole nitrogens is 1. The number of nitrogens with one attached hydrogen (secondary N) is 3. The summed E-state index contributed by atoms with van der Waals surface area (Å²) in [6.07, 6.45) is 4.22. The number of rotatable bonds is 13. The number of piperidine rings is 1. The molecule has 5 heterocycles. The van der Waals surface area contributed by atoms with Gasteiger partial charge in [-0.25, -0.2) is 4.98 Å². The second-order valence-electron chi connectivity index (χ2n) is 14.3. The molecule has 0 saturated carbocycles. The molecule has 8 rings (SSSR count). The van der Waals surface area contributed by atoms with Crippen molar-refractivity contribution in [3.05, 3.63) is 90.3 Å². The maximum atomic E-state index is 13.3. The number of benzene rings is 3. The molecule has 3 aromatic carbocycles. The molecular formula is C43H43N7O8. The number of hydrogen-bond donors (Lipinski definition) is 3. The fraction of sp³-hybridized carbons (Fsp3) is 0.302. The van der Waals surface area contributed by atoms with Gasteiger partial charge in [0.1, 0.15) is 11.7 Å². The van der Waals surface area contributed by atoms with E-state index in [2.05, 4.69) is 55.8 Å². The molecule has 3 N–H and O–H groups in total. The lowest BCUT2D eigenvalue weighted by Gasteiger charge is -2.36. The number of ether oxygens (including phenoxy) is 3. The number of carbonyl (C=O) groups is 5. The molecule has 0 aliphatic carbocycles. The third-order valence-electron chi connectivity index (χ3n) is 10.9. The number of carbonyl (C=O) groups excluding carboxylic acids is 5. The van der Waals surface area contributed by atoms with Gasteiger partial charge in [0, 0.05) is 79.4 Å². The van der Waals surface area contributed by atoms with E-state index in [9.17, 15) is 24.0 Å². The Labute approximate surface area is 334 Å². The molecule has 5 aromatic rings. The predicted octanol–water partition coefficient (Wildman–Crippen LogP) is 4.48. The van der Waals surface area contributed by atoms with Crippen molar-refractivity contribution < 1.29 is 38.2 Å². The van der Waals surface area contributed by atoms with E-state index in [0.29, 0.717) is 49.9 Å². The largest absolute Gasteiger partial charge is 0.493 e. The van der Waals surface area contributed by atoms with E-state index in [0.717, 1.165) is 43.9 Å². The molecule has 0 spiro atoms. The van der Waals surface area contributed by atoms with Crippen molar-refractivity contribution in [2.75, 3.05) is 70.4 Å². The van der Waals surface area contributed by atoms with Crippen molar-refractivity contribution >= 4 is 51.9 Å². The lowest BCUT2D eigenvalue weighted by atomic mass is 10.0. The highest BCUT2D eigenvalue weighted by molar-refractivity contribution is 6.25. The van der Waals surface area contributed by atoms with Crippen LogP contribution in [0.5, 0.6) is 11.5 Å². The van der Waals surface area contributed by atoms with Gasteiger partial charge in [-0.15, -0.1) is 0 Å². The van der Waals surface area contributed by atoms with Crippen LogP contribution in [0.3, 0.4) is 0 Å². The van der Waals surface area contributed by atoms with Crippen LogP contribution in [0.25, 0.3) is 33.3 Å². The fourth-order valence-electron chi connectivity index (χ4n) is 7.82. The summed E-state index contributed by atoms with van der Waals surface area (Å²) >= 11 is 0. The Balaban J connectivity index is 0.790. The molecule has 58 heavy (non-hydrogen) atoms. The number of nitrogens with zero attached hydrogens (tertiary/aromatic N) is 4. The van der Waals surface area contributed by atoms with Gasteiger partial charge in [-0.1, -0.05) is 24.3 Å². The Morgan fingerprint density at radius 1 is 0.845 bits per heavy atom. The first kappa shape index (κ1) is 38.1. The third kappa shape index (κ3) is 7.43. The Hall–Kier alpha value is -6.74. The minimum absolute atomic E-state index is 0.0292. The molecule has 3 aliphatic rings. The number of anilines is 2. The minimum Gasteiger partial charge on any atom is -0.493 e. The molecule has 1 unspecified atom stereocenters. The zero-order valence-electron chi connectivity index (χ0n) is 32.2. The summed E-state index contributed by atoms with van der Waals surface area (Å²) < 4.78 is 16.7. The molecule has 15 nitrogen and oxygen atoms in total. The van der Waals surface area contributed by atoms with Crippen LogP contribution in [0, 0.1) is 0 Å². The van der Waals surface area contributed by atoms with Gasteiger partial charge < -0.3 is 34.3 Å². The molecule has 2 saturated heterocycles. The van der Waals surface area contributed by atoms with Crippen LogP contribution >= 0.6 is 0 Å². The second-order valence-corrected chi connectivity index (χ2v) is 14.3. The smallest absolute Gasteiger partial charge is 0.264 e. The summed E-state index contributed by atoms with van der Waals surface area (Å²) in [4.78, 5) is 76.4. The SMILES string of the molecule is COc1ccc(-c2c[nH]c3ncc(-c4ccc(N5CCN(C(=O)CCOCCNc6cccc7c6C(=O)N(C6CCC(=O)NC6=O)C7=O)CC5)cc4)cc23)cc1OC. The summed E-state index contributed by atoms with van der Waals surface area (Å²) in [7, 11) is 3.24. The summed E-state index contributed by atoms with van der Waals surface area (Å²) in [5.74, 6) is -0.855. The molecule has 3 aliphatic heterocycles. The number of methoxy groups -OCH3 is 2. The first-order valence-corrected chi connectivity index (χ1v) is 19.2. The quantitative estimate of drug-likeness (QED) is 0.113. The number of aromatic amines is 1. The number of amides is 5. The predicted molar refractivity (Wildman–Crippen MR) is 216 cm³/mol. The lowest BCUT2D eigenvalue weighted by molar-refractivity contribution is -0.136. The van der Waals surface area contributed by atoms with Crippen LogP contribution in [0.4, 0.5) is 11.4 Å². The molecular weight excluding hydrogens is 743 g/mol. The number of aromatic nitrogens is 2. The van der Waals surface area contributed by atoms with Crippen LogP contribution in [-0.4, -0.2) is 116 Å². The van der Waals surface area contributed by atoms with Gasteiger partial charge >= 0.3 is 0 Å². The van der Waals surface area contributed by atoms with Crippen molar-refractivity contribution in [2.45, 2.75) is 25.3 Å². The van der Waals surface area contributed by atoms with Crippen LogP contribution in [-0.2, 0) is 19.1 Å². The van der Waals surface area contributed by atoms with Gasteiger partial charge in [0.05, 0.1) is 45.0 Å². The van der Waals surface area contributed by atoms with E-state index in [4.69, 9.17) is 14.2 Å². The average molecular weight is 786 g/mol. The van der Waals surface area contributed by atoms with E-state index in [1.807, 2.05) is 35.5 Å². The Kier molecular flexibility index (Phi) is 10.8. The third-order valence-corrected chi connectivity index (χ3v) is 10.9. The molecule has 2 aromatic heterocycles. The maximum absolute atomic E-state index is 13.3. The maximum Gasteiger partial charge on any atom is 0.264 e. The van der Waals surface area contributed by atoms with Gasteiger partial charge in [-0.05, 0) is 60.0 Å². The normalized spacial score (nSPS) is 16.8. The highest BCUT2D eigenvalue weighted by atomic mass is 16.5. The van der Waals surface area contributed by atoms with Crippen LogP contribution in [0.15, 0.2) is 79.1 Å². The van der Waals surface area contributed by atoms with Gasteiger partial charge in [-0.3, -0.25) is 34.2 Å². The van der Waals surface area contributed by atoms with Crippen LogP contribution in [0.2, 0.25) is 0 Å². The summed E-state index contributed by atoms with van der Waals surface area (Å²) in [6, 6.07) is 20.3. The van der Waals surface area contributed by atoms with Crippen molar-refractivity contribution in [1.82, 2.24) is 25.1 Å².